The molecule has 1 aromatic carbocycles. The summed E-state index contributed by atoms with van der Waals surface area (Å²) in [5, 5.41) is 8.24. The molecule has 1 atom stereocenters. The van der Waals surface area contributed by atoms with Crippen molar-refractivity contribution in [2.45, 2.75) is 52.6 Å². The maximum Gasteiger partial charge on any atom is 0.0596 e. The van der Waals surface area contributed by atoms with Gasteiger partial charge in [-0.1, -0.05) is 23.8 Å². The van der Waals surface area contributed by atoms with E-state index in [0.29, 0.717) is 6.04 Å². The quantitative estimate of drug-likeness (QED) is 0.851. The number of rotatable bonds is 5. The number of fused-ring (bicyclic) bond motifs is 1. The lowest BCUT2D eigenvalue weighted by atomic mass is 10.1. The lowest BCUT2D eigenvalue weighted by molar-refractivity contribution is 0.481. The van der Waals surface area contributed by atoms with Crippen LogP contribution in [0.3, 0.4) is 0 Å². The van der Waals surface area contributed by atoms with Crippen LogP contribution in [0.5, 0.6) is 0 Å². The lowest BCUT2D eigenvalue weighted by Crippen LogP contribution is -2.22. The normalized spacial score (nSPS) is 17.2. The second-order valence-electron chi connectivity index (χ2n) is 6.25. The molecule has 21 heavy (non-hydrogen) atoms. The molecule has 1 aliphatic carbocycles. The third-order valence-electron chi connectivity index (χ3n) is 4.42. The number of nitrogens with zero attached hydrogens (tertiary/aromatic N) is 2. The number of aryl methyl sites for hydroxylation is 5. The van der Waals surface area contributed by atoms with Crippen LogP contribution in [0.2, 0.25) is 0 Å². The smallest absolute Gasteiger partial charge is 0.0596 e. The highest BCUT2D eigenvalue weighted by Crippen LogP contribution is 2.31. The lowest BCUT2D eigenvalue weighted by Gasteiger charge is -2.14. The first-order chi connectivity index (χ1) is 10.1. The fourth-order valence-electron chi connectivity index (χ4n) is 3.34. The van der Waals surface area contributed by atoms with Crippen molar-refractivity contribution < 1.29 is 0 Å². The van der Waals surface area contributed by atoms with Crippen molar-refractivity contribution >= 4 is 0 Å². The standard InChI is InChI=1S/C18H25N3/c1-13-5-6-16-7-8-18(17(16)11-13)19-9-4-10-21-15(3)12-14(2)20-21/h5-6,11-12,18-19H,4,7-10H2,1-3H3. The Labute approximate surface area is 127 Å². The zero-order valence-electron chi connectivity index (χ0n) is 13.3. The molecule has 1 aliphatic rings. The molecule has 2 aromatic rings. The van der Waals surface area contributed by atoms with Gasteiger partial charge in [-0.05, 0) is 63.8 Å². The van der Waals surface area contributed by atoms with Crippen LogP contribution < -0.4 is 5.32 Å². The average Bonchev–Trinajstić information content (AvgIpc) is 2.98. The van der Waals surface area contributed by atoms with Gasteiger partial charge in [0.25, 0.3) is 0 Å². The van der Waals surface area contributed by atoms with Gasteiger partial charge in [-0.15, -0.1) is 0 Å². The molecule has 0 aliphatic heterocycles. The van der Waals surface area contributed by atoms with Crippen molar-refractivity contribution in [2.75, 3.05) is 6.54 Å². The molecule has 0 saturated heterocycles. The Balaban J connectivity index is 1.51. The summed E-state index contributed by atoms with van der Waals surface area (Å²) >= 11 is 0. The van der Waals surface area contributed by atoms with E-state index in [-0.39, 0.29) is 0 Å². The summed E-state index contributed by atoms with van der Waals surface area (Å²) in [5.41, 5.74) is 6.78. The van der Waals surface area contributed by atoms with Gasteiger partial charge in [0.1, 0.15) is 0 Å². The summed E-state index contributed by atoms with van der Waals surface area (Å²) in [4.78, 5) is 0. The molecule has 0 saturated carbocycles. The molecule has 112 valence electrons. The van der Waals surface area contributed by atoms with Crippen LogP contribution in [0.1, 0.15) is 47.0 Å². The highest BCUT2D eigenvalue weighted by atomic mass is 15.3. The maximum absolute atomic E-state index is 4.52. The first-order valence-electron chi connectivity index (χ1n) is 7.97. The Morgan fingerprint density at radius 3 is 2.86 bits per heavy atom. The van der Waals surface area contributed by atoms with E-state index < -0.39 is 0 Å². The Hall–Kier alpha value is -1.61. The Kier molecular flexibility index (Phi) is 4.11. The van der Waals surface area contributed by atoms with Gasteiger partial charge in [0, 0.05) is 18.3 Å². The van der Waals surface area contributed by atoms with E-state index >= 15 is 0 Å². The predicted molar refractivity (Wildman–Crippen MR) is 86.6 cm³/mol. The van der Waals surface area contributed by atoms with E-state index in [2.05, 4.69) is 60.1 Å². The molecule has 3 rings (SSSR count). The molecular formula is C18H25N3. The van der Waals surface area contributed by atoms with Gasteiger partial charge in [0.2, 0.25) is 0 Å². The van der Waals surface area contributed by atoms with Crippen molar-refractivity contribution in [1.29, 1.82) is 0 Å². The van der Waals surface area contributed by atoms with E-state index in [9.17, 15) is 0 Å². The van der Waals surface area contributed by atoms with E-state index in [4.69, 9.17) is 0 Å². The molecule has 1 N–H and O–H groups in total. The van der Waals surface area contributed by atoms with Gasteiger partial charge < -0.3 is 5.32 Å². The van der Waals surface area contributed by atoms with E-state index in [0.717, 1.165) is 25.2 Å². The summed E-state index contributed by atoms with van der Waals surface area (Å²) < 4.78 is 2.11. The second-order valence-corrected chi connectivity index (χ2v) is 6.25. The zero-order valence-corrected chi connectivity index (χ0v) is 13.3. The first-order valence-corrected chi connectivity index (χ1v) is 7.97. The summed E-state index contributed by atoms with van der Waals surface area (Å²) in [6, 6.07) is 9.55. The van der Waals surface area contributed by atoms with Crippen LogP contribution in [0.15, 0.2) is 24.3 Å². The van der Waals surface area contributed by atoms with Gasteiger partial charge in [-0.2, -0.15) is 5.10 Å². The minimum Gasteiger partial charge on any atom is -0.310 e. The van der Waals surface area contributed by atoms with Crippen LogP contribution in [-0.4, -0.2) is 16.3 Å². The first kappa shape index (κ1) is 14.3. The molecule has 3 nitrogen and oxygen atoms in total. The minimum absolute atomic E-state index is 0.542. The summed E-state index contributed by atoms with van der Waals surface area (Å²) in [5.74, 6) is 0. The van der Waals surface area contributed by atoms with Crippen molar-refractivity contribution in [1.82, 2.24) is 15.1 Å². The van der Waals surface area contributed by atoms with Crippen molar-refractivity contribution in [2.24, 2.45) is 0 Å². The maximum atomic E-state index is 4.52. The van der Waals surface area contributed by atoms with Crippen molar-refractivity contribution in [3.8, 4) is 0 Å². The monoisotopic (exact) mass is 283 g/mol. The fraction of sp³-hybridized carbons (Fsp3) is 0.500. The van der Waals surface area contributed by atoms with Crippen molar-refractivity contribution in [3.05, 3.63) is 52.3 Å². The third kappa shape index (κ3) is 3.18. The SMILES string of the molecule is Cc1ccc2c(c1)C(NCCCn1nc(C)cc1C)CC2. The third-order valence-corrected chi connectivity index (χ3v) is 4.42. The molecule has 1 aromatic heterocycles. The molecule has 0 amide bonds. The van der Waals surface area contributed by atoms with Crippen LogP contribution in [0.4, 0.5) is 0 Å². The van der Waals surface area contributed by atoms with Gasteiger partial charge in [-0.3, -0.25) is 4.68 Å². The molecule has 1 heterocycles. The predicted octanol–water partition coefficient (Wildman–Crippen LogP) is 3.48. The molecule has 0 bridgehead atoms. The van der Waals surface area contributed by atoms with Gasteiger partial charge >= 0.3 is 0 Å². The molecular weight excluding hydrogens is 258 g/mol. The van der Waals surface area contributed by atoms with Gasteiger partial charge in [0.05, 0.1) is 5.69 Å². The summed E-state index contributed by atoms with van der Waals surface area (Å²) in [6.45, 7) is 8.41. The van der Waals surface area contributed by atoms with Crippen molar-refractivity contribution in [3.63, 3.8) is 0 Å². The van der Waals surface area contributed by atoms with Crippen LogP contribution >= 0.6 is 0 Å². The van der Waals surface area contributed by atoms with Gasteiger partial charge in [0.15, 0.2) is 0 Å². The second kappa shape index (κ2) is 6.02. The van der Waals surface area contributed by atoms with E-state index in [1.54, 1.807) is 0 Å². The number of benzene rings is 1. The van der Waals surface area contributed by atoms with Gasteiger partial charge in [-0.25, -0.2) is 0 Å². The number of hydrogen-bond acceptors (Lipinski definition) is 2. The van der Waals surface area contributed by atoms with Crippen LogP contribution in [0, 0.1) is 20.8 Å². The van der Waals surface area contributed by atoms with Crippen LogP contribution in [0.25, 0.3) is 0 Å². The van der Waals surface area contributed by atoms with Crippen LogP contribution in [-0.2, 0) is 13.0 Å². The highest BCUT2D eigenvalue weighted by molar-refractivity contribution is 5.37. The number of aromatic nitrogens is 2. The molecule has 1 unspecified atom stereocenters. The molecule has 3 heteroatoms. The summed E-state index contributed by atoms with van der Waals surface area (Å²) in [7, 11) is 0. The Morgan fingerprint density at radius 2 is 2.10 bits per heavy atom. The molecule has 0 spiro atoms. The Bertz CT molecular complexity index is 627. The minimum atomic E-state index is 0.542. The molecule has 0 fully saturated rings. The van der Waals surface area contributed by atoms with E-state index in [1.807, 2.05) is 0 Å². The highest BCUT2D eigenvalue weighted by Gasteiger charge is 2.21. The zero-order chi connectivity index (χ0) is 14.8. The fourth-order valence-corrected chi connectivity index (χ4v) is 3.34. The summed E-state index contributed by atoms with van der Waals surface area (Å²) in [6.07, 6.45) is 3.57. The molecule has 0 radical (unpaired) electrons. The average molecular weight is 283 g/mol. The largest absolute Gasteiger partial charge is 0.310 e. The topological polar surface area (TPSA) is 29.9 Å². The van der Waals surface area contributed by atoms with E-state index in [1.165, 1.54) is 35.2 Å². The number of hydrogen-bond donors (Lipinski definition) is 1. The Morgan fingerprint density at radius 1 is 1.24 bits per heavy atom. The number of nitrogens with one attached hydrogen (secondary N) is 1.